The van der Waals surface area contributed by atoms with E-state index in [2.05, 4.69) is 12.2 Å². The van der Waals surface area contributed by atoms with E-state index < -0.39 is 10.0 Å². The number of nitrogens with one attached hydrogen (secondary N) is 1. The average molecular weight is 493 g/mol. The van der Waals surface area contributed by atoms with Crippen LogP contribution in [0.5, 0.6) is 5.75 Å². The number of rotatable bonds is 9. The summed E-state index contributed by atoms with van der Waals surface area (Å²) >= 11 is 0. The van der Waals surface area contributed by atoms with Gasteiger partial charge in [0.05, 0.1) is 11.5 Å². The number of sulfonamides is 1. The fourth-order valence-electron chi connectivity index (χ4n) is 4.10. The van der Waals surface area contributed by atoms with Gasteiger partial charge in [-0.25, -0.2) is 8.42 Å². The Morgan fingerprint density at radius 3 is 2.06 bits per heavy atom. The minimum Gasteiger partial charge on any atom is -0.494 e. The first-order chi connectivity index (χ1) is 17.0. The van der Waals surface area contributed by atoms with Gasteiger partial charge in [-0.2, -0.15) is 4.31 Å². The zero-order valence-electron chi connectivity index (χ0n) is 20.1. The van der Waals surface area contributed by atoms with Crippen LogP contribution in [0.2, 0.25) is 0 Å². The summed E-state index contributed by atoms with van der Waals surface area (Å²) in [6, 6.07) is 22.0. The van der Waals surface area contributed by atoms with Gasteiger partial charge < -0.3 is 10.1 Å². The average Bonchev–Trinajstić information content (AvgIpc) is 2.92. The van der Waals surface area contributed by atoms with Crippen LogP contribution in [0.1, 0.15) is 48.5 Å². The molecule has 0 spiro atoms. The molecule has 6 nitrogen and oxygen atoms in total. The van der Waals surface area contributed by atoms with Crippen LogP contribution < -0.4 is 10.1 Å². The molecule has 3 aromatic carbocycles. The zero-order valence-corrected chi connectivity index (χ0v) is 20.9. The van der Waals surface area contributed by atoms with E-state index in [-0.39, 0.29) is 5.91 Å². The molecule has 4 rings (SSSR count). The minimum absolute atomic E-state index is 0.147. The maximum atomic E-state index is 12.9. The van der Waals surface area contributed by atoms with E-state index in [0.29, 0.717) is 36.7 Å². The smallest absolute Gasteiger partial charge is 0.251 e. The van der Waals surface area contributed by atoms with E-state index in [4.69, 9.17) is 4.74 Å². The van der Waals surface area contributed by atoms with Crippen LogP contribution in [0.15, 0.2) is 77.7 Å². The summed E-state index contributed by atoms with van der Waals surface area (Å²) in [6.07, 6.45) is 3.87. The van der Waals surface area contributed by atoms with Crippen molar-refractivity contribution in [3.8, 4) is 16.9 Å². The summed E-state index contributed by atoms with van der Waals surface area (Å²) in [7, 11) is -3.44. The lowest BCUT2D eigenvalue weighted by Crippen LogP contribution is -2.35. The molecule has 0 atom stereocenters. The number of piperidine rings is 1. The molecule has 3 aromatic rings. The van der Waals surface area contributed by atoms with E-state index in [1.807, 2.05) is 48.5 Å². The van der Waals surface area contributed by atoms with Crippen LogP contribution in [-0.2, 0) is 16.6 Å². The highest BCUT2D eigenvalue weighted by atomic mass is 32.2. The van der Waals surface area contributed by atoms with Gasteiger partial charge in [0.2, 0.25) is 10.0 Å². The fraction of sp³-hybridized carbons (Fsp3) is 0.321. The van der Waals surface area contributed by atoms with Gasteiger partial charge in [0.25, 0.3) is 5.91 Å². The Balaban J connectivity index is 1.35. The highest BCUT2D eigenvalue weighted by Crippen LogP contribution is 2.25. The zero-order chi connectivity index (χ0) is 24.7. The molecule has 1 fully saturated rings. The number of carbonyl (C=O) groups is 1. The molecule has 0 radical (unpaired) electrons. The predicted octanol–water partition coefficient (Wildman–Crippen LogP) is 5.25. The molecule has 0 saturated carbocycles. The number of carbonyl (C=O) groups excluding carboxylic acids is 1. The predicted molar refractivity (Wildman–Crippen MR) is 138 cm³/mol. The molecule has 1 N–H and O–H groups in total. The molecule has 35 heavy (non-hydrogen) atoms. The summed E-state index contributed by atoms with van der Waals surface area (Å²) in [6.45, 7) is 4.37. The molecule has 1 amide bonds. The third-order valence-electron chi connectivity index (χ3n) is 6.14. The first kappa shape index (κ1) is 24.9. The Hall–Kier alpha value is -3.16. The second kappa shape index (κ2) is 11.5. The molecule has 0 unspecified atom stereocenters. The molecule has 7 heteroatoms. The highest BCUT2D eigenvalue weighted by Gasteiger charge is 2.25. The first-order valence-electron chi connectivity index (χ1n) is 12.2. The molecule has 184 valence electrons. The third-order valence-corrected chi connectivity index (χ3v) is 8.05. The quantitative estimate of drug-likeness (QED) is 0.443. The highest BCUT2D eigenvalue weighted by molar-refractivity contribution is 7.89. The van der Waals surface area contributed by atoms with E-state index in [9.17, 15) is 13.2 Å². The Labute approximate surface area is 208 Å². The summed E-state index contributed by atoms with van der Waals surface area (Å²) < 4.78 is 32.9. The summed E-state index contributed by atoms with van der Waals surface area (Å²) in [5.74, 6) is 0.681. The monoisotopic (exact) mass is 492 g/mol. The molecule has 1 aliphatic rings. The molecule has 1 saturated heterocycles. The standard InChI is InChI=1S/C28H32N2O4S/c1-2-20-34-26-14-6-22(7-15-26)21-29-28(31)25-10-8-23(9-11-25)24-12-16-27(17-13-24)35(32,33)30-18-4-3-5-19-30/h6-17H,2-5,18-21H2,1H3,(H,29,31). The molecular formula is C28H32N2O4S. The number of amides is 1. The van der Waals surface area contributed by atoms with Crippen LogP contribution >= 0.6 is 0 Å². The normalized spacial score (nSPS) is 14.4. The number of hydrogen-bond donors (Lipinski definition) is 1. The fourth-order valence-corrected chi connectivity index (χ4v) is 5.61. The largest absolute Gasteiger partial charge is 0.494 e. The van der Waals surface area contributed by atoms with Gasteiger partial charge in [-0.15, -0.1) is 0 Å². The van der Waals surface area contributed by atoms with Crippen molar-refractivity contribution < 1.29 is 17.9 Å². The summed E-state index contributed by atoms with van der Waals surface area (Å²) in [4.78, 5) is 12.9. The first-order valence-corrected chi connectivity index (χ1v) is 13.6. The number of hydrogen-bond acceptors (Lipinski definition) is 4. The van der Waals surface area contributed by atoms with E-state index >= 15 is 0 Å². The van der Waals surface area contributed by atoms with Crippen molar-refractivity contribution in [2.45, 2.75) is 44.0 Å². The lowest BCUT2D eigenvalue weighted by molar-refractivity contribution is 0.0951. The van der Waals surface area contributed by atoms with Crippen molar-refractivity contribution in [3.63, 3.8) is 0 Å². The Morgan fingerprint density at radius 1 is 0.857 bits per heavy atom. The second-order valence-electron chi connectivity index (χ2n) is 8.74. The van der Waals surface area contributed by atoms with Gasteiger partial charge in [-0.3, -0.25) is 4.79 Å². The molecule has 1 aliphatic heterocycles. The molecule has 1 heterocycles. The SMILES string of the molecule is CCCOc1ccc(CNC(=O)c2ccc(-c3ccc(S(=O)(=O)N4CCCCC4)cc3)cc2)cc1. The molecular weight excluding hydrogens is 460 g/mol. The van der Waals surface area contributed by atoms with E-state index in [0.717, 1.165) is 48.1 Å². The molecule has 0 aliphatic carbocycles. The lowest BCUT2D eigenvalue weighted by Gasteiger charge is -2.25. The topological polar surface area (TPSA) is 75.7 Å². The van der Waals surface area contributed by atoms with Crippen molar-refractivity contribution in [2.24, 2.45) is 0 Å². The van der Waals surface area contributed by atoms with Gasteiger partial charge in [-0.05, 0) is 72.4 Å². The van der Waals surface area contributed by atoms with Crippen molar-refractivity contribution in [3.05, 3.63) is 83.9 Å². The second-order valence-corrected chi connectivity index (χ2v) is 10.7. The number of nitrogens with zero attached hydrogens (tertiary/aromatic N) is 1. The maximum Gasteiger partial charge on any atom is 0.251 e. The van der Waals surface area contributed by atoms with Gasteiger partial charge in [-0.1, -0.05) is 49.7 Å². The van der Waals surface area contributed by atoms with Crippen molar-refractivity contribution >= 4 is 15.9 Å². The van der Waals surface area contributed by atoms with Crippen molar-refractivity contribution in [1.82, 2.24) is 9.62 Å². The maximum absolute atomic E-state index is 12.9. The molecule has 0 aromatic heterocycles. The van der Waals surface area contributed by atoms with Crippen LogP contribution in [0, 0.1) is 0 Å². The Morgan fingerprint density at radius 2 is 1.46 bits per heavy atom. The summed E-state index contributed by atoms with van der Waals surface area (Å²) in [5, 5.41) is 2.94. The van der Waals surface area contributed by atoms with E-state index in [1.165, 1.54) is 0 Å². The lowest BCUT2D eigenvalue weighted by atomic mass is 10.0. The van der Waals surface area contributed by atoms with Gasteiger partial charge in [0.1, 0.15) is 5.75 Å². The van der Waals surface area contributed by atoms with Crippen LogP contribution in [0.3, 0.4) is 0 Å². The van der Waals surface area contributed by atoms with Gasteiger partial charge in [0, 0.05) is 25.2 Å². The van der Waals surface area contributed by atoms with Crippen molar-refractivity contribution in [2.75, 3.05) is 19.7 Å². The van der Waals surface area contributed by atoms with Crippen LogP contribution in [-0.4, -0.2) is 38.3 Å². The Kier molecular flexibility index (Phi) is 8.21. The van der Waals surface area contributed by atoms with Crippen LogP contribution in [0.4, 0.5) is 0 Å². The minimum atomic E-state index is -3.44. The molecule has 0 bridgehead atoms. The Bertz CT molecular complexity index is 1220. The number of benzene rings is 3. The van der Waals surface area contributed by atoms with Crippen LogP contribution in [0.25, 0.3) is 11.1 Å². The summed E-state index contributed by atoms with van der Waals surface area (Å²) in [5.41, 5.74) is 3.39. The van der Waals surface area contributed by atoms with Gasteiger partial charge in [0.15, 0.2) is 0 Å². The van der Waals surface area contributed by atoms with Crippen molar-refractivity contribution in [1.29, 1.82) is 0 Å². The third kappa shape index (κ3) is 6.29. The van der Waals surface area contributed by atoms with E-state index in [1.54, 1.807) is 28.6 Å². The van der Waals surface area contributed by atoms with Gasteiger partial charge >= 0.3 is 0 Å². The number of ether oxygens (including phenoxy) is 1.